The van der Waals surface area contributed by atoms with E-state index in [0.29, 0.717) is 23.4 Å². The number of halogens is 1. The molecule has 1 aromatic carbocycles. The standard InChI is InChI=1S/C20H26FN3O3/c1-5-12-24-16(13-23(4)6-2)17(19(25)27-7-3)18(22-20(24)26)14-8-10-15(21)11-9-14/h5,8-11,18H,1,6-7,12-13H2,2-4H3,(H,22,26). The summed E-state index contributed by atoms with van der Waals surface area (Å²) in [4.78, 5) is 29.0. The lowest BCUT2D eigenvalue weighted by molar-refractivity contribution is -0.139. The molecule has 0 saturated carbocycles. The number of benzene rings is 1. The number of urea groups is 1. The second-order valence-corrected chi connectivity index (χ2v) is 6.24. The average molecular weight is 375 g/mol. The summed E-state index contributed by atoms with van der Waals surface area (Å²) in [6, 6.07) is 4.68. The topological polar surface area (TPSA) is 61.9 Å². The molecule has 0 fully saturated rings. The zero-order chi connectivity index (χ0) is 20.0. The fourth-order valence-corrected chi connectivity index (χ4v) is 2.92. The van der Waals surface area contributed by atoms with Crippen molar-refractivity contribution in [3.8, 4) is 0 Å². The van der Waals surface area contributed by atoms with Crippen molar-refractivity contribution in [1.29, 1.82) is 0 Å². The molecule has 7 heteroatoms. The molecule has 0 aliphatic carbocycles. The highest BCUT2D eigenvalue weighted by molar-refractivity contribution is 5.95. The molecule has 1 aliphatic heterocycles. The average Bonchev–Trinajstić information content (AvgIpc) is 2.64. The third-order valence-corrected chi connectivity index (χ3v) is 4.41. The molecule has 2 amide bonds. The molecule has 1 N–H and O–H groups in total. The Morgan fingerprint density at radius 1 is 1.37 bits per heavy atom. The Labute approximate surface area is 159 Å². The van der Waals surface area contributed by atoms with Crippen molar-refractivity contribution >= 4 is 12.0 Å². The predicted molar refractivity (Wildman–Crippen MR) is 101 cm³/mol. The zero-order valence-corrected chi connectivity index (χ0v) is 16.0. The predicted octanol–water partition coefficient (Wildman–Crippen LogP) is 2.85. The third kappa shape index (κ3) is 4.74. The van der Waals surface area contributed by atoms with Gasteiger partial charge in [0.2, 0.25) is 0 Å². The SMILES string of the molecule is C=CCN1C(=O)NC(c2ccc(F)cc2)C(C(=O)OCC)=C1CN(C)CC. The Kier molecular flexibility index (Phi) is 7.12. The van der Waals surface area contributed by atoms with Crippen LogP contribution < -0.4 is 5.32 Å². The quantitative estimate of drug-likeness (QED) is 0.561. The number of carbonyl (C=O) groups is 2. The lowest BCUT2D eigenvalue weighted by atomic mass is 9.94. The molecule has 1 atom stereocenters. The summed E-state index contributed by atoms with van der Waals surface area (Å²) in [6.45, 7) is 9.03. The van der Waals surface area contributed by atoms with Gasteiger partial charge in [-0.2, -0.15) is 0 Å². The fraction of sp³-hybridized carbons (Fsp3) is 0.400. The number of carbonyl (C=O) groups excluding carboxylic acids is 2. The maximum absolute atomic E-state index is 13.3. The van der Waals surface area contributed by atoms with E-state index in [1.54, 1.807) is 25.1 Å². The third-order valence-electron chi connectivity index (χ3n) is 4.41. The van der Waals surface area contributed by atoms with Crippen LogP contribution in [0.3, 0.4) is 0 Å². The van der Waals surface area contributed by atoms with Gasteiger partial charge in [-0.25, -0.2) is 14.0 Å². The Morgan fingerprint density at radius 3 is 2.59 bits per heavy atom. The van der Waals surface area contributed by atoms with Crippen molar-refractivity contribution in [2.24, 2.45) is 0 Å². The van der Waals surface area contributed by atoms with E-state index < -0.39 is 12.0 Å². The molecule has 1 aromatic rings. The summed E-state index contributed by atoms with van der Waals surface area (Å²) in [6.07, 6.45) is 1.60. The van der Waals surface area contributed by atoms with Crippen molar-refractivity contribution in [1.82, 2.24) is 15.1 Å². The van der Waals surface area contributed by atoms with Crippen LogP contribution in [0, 0.1) is 5.82 Å². The molecule has 146 valence electrons. The maximum Gasteiger partial charge on any atom is 0.338 e. The minimum Gasteiger partial charge on any atom is -0.463 e. The highest BCUT2D eigenvalue weighted by Crippen LogP contribution is 2.32. The van der Waals surface area contributed by atoms with Gasteiger partial charge in [-0.15, -0.1) is 6.58 Å². The smallest absolute Gasteiger partial charge is 0.338 e. The normalized spacial score (nSPS) is 17.1. The number of ether oxygens (including phenoxy) is 1. The molecule has 1 unspecified atom stereocenters. The number of likely N-dealkylation sites (N-methyl/N-ethyl adjacent to an activating group) is 1. The Bertz CT molecular complexity index is 730. The van der Waals surface area contributed by atoms with Crippen LogP contribution in [0.15, 0.2) is 48.2 Å². The van der Waals surface area contributed by atoms with Crippen LogP contribution in [-0.2, 0) is 9.53 Å². The van der Waals surface area contributed by atoms with E-state index in [-0.39, 0.29) is 25.0 Å². The fourth-order valence-electron chi connectivity index (χ4n) is 2.92. The lowest BCUT2D eigenvalue weighted by Crippen LogP contribution is -2.50. The highest BCUT2D eigenvalue weighted by Gasteiger charge is 2.38. The highest BCUT2D eigenvalue weighted by atomic mass is 19.1. The van der Waals surface area contributed by atoms with Crippen LogP contribution in [-0.4, -0.2) is 55.1 Å². The first-order chi connectivity index (χ1) is 12.9. The molecular weight excluding hydrogens is 349 g/mol. The molecule has 0 aromatic heterocycles. The zero-order valence-electron chi connectivity index (χ0n) is 16.0. The molecule has 2 rings (SSSR count). The van der Waals surface area contributed by atoms with Crippen LogP contribution in [0.25, 0.3) is 0 Å². The van der Waals surface area contributed by atoms with Crippen LogP contribution in [0.1, 0.15) is 25.5 Å². The largest absolute Gasteiger partial charge is 0.463 e. The molecular formula is C20H26FN3O3. The van der Waals surface area contributed by atoms with Crippen molar-refractivity contribution < 1.29 is 18.7 Å². The number of hydrogen-bond donors (Lipinski definition) is 1. The summed E-state index contributed by atoms with van der Waals surface area (Å²) >= 11 is 0. The van der Waals surface area contributed by atoms with Gasteiger partial charge in [0.1, 0.15) is 5.82 Å². The molecule has 0 radical (unpaired) electrons. The van der Waals surface area contributed by atoms with Crippen molar-refractivity contribution in [2.45, 2.75) is 19.9 Å². The van der Waals surface area contributed by atoms with Crippen LogP contribution in [0.2, 0.25) is 0 Å². The molecule has 0 saturated heterocycles. The number of amides is 2. The van der Waals surface area contributed by atoms with Crippen LogP contribution in [0.4, 0.5) is 9.18 Å². The van der Waals surface area contributed by atoms with E-state index in [0.717, 1.165) is 6.54 Å². The second kappa shape index (κ2) is 9.32. The number of nitrogens with one attached hydrogen (secondary N) is 1. The lowest BCUT2D eigenvalue weighted by Gasteiger charge is -2.37. The van der Waals surface area contributed by atoms with Gasteiger partial charge in [-0.1, -0.05) is 25.1 Å². The van der Waals surface area contributed by atoms with E-state index in [4.69, 9.17) is 4.74 Å². The van der Waals surface area contributed by atoms with Gasteiger partial charge in [0.15, 0.2) is 0 Å². The number of hydrogen-bond acceptors (Lipinski definition) is 4. The van der Waals surface area contributed by atoms with Gasteiger partial charge >= 0.3 is 12.0 Å². The molecule has 0 spiro atoms. The summed E-state index contributed by atoms with van der Waals surface area (Å²) in [5, 5.41) is 2.84. The number of esters is 1. The Hall–Kier alpha value is -2.67. The number of nitrogens with zero attached hydrogens (tertiary/aromatic N) is 2. The van der Waals surface area contributed by atoms with E-state index in [1.807, 2.05) is 18.9 Å². The Morgan fingerprint density at radius 2 is 2.04 bits per heavy atom. The maximum atomic E-state index is 13.3. The van der Waals surface area contributed by atoms with Crippen molar-refractivity contribution in [2.75, 3.05) is 33.3 Å². The van der Waals surface area contributed by atoms with Crippen molar-refractivity contribution in [3.05, 3.63) is 59.6 Å². The van der Waals surface area contributed by atoms with Crippen LogP contribution >= 0.6 is 0 Å². The van der Waals surface area contributed by atoms with E-state index in [2.05, 4.69) is 11.9 Å². The van der Waals surface area contributed by atoms with E-state index in [1.165, 1.54) is 17.0 Å². The Balaban J connectivity index is 2.62. The second-order valence-electron chi connectivity index (χ2n) is 6.24. The van der Waals surface area contributed by atoms with Gasteiger partial charge < -0.3 is 15.0 Å². The molecule has 0 bridgehead atoms. The first-order valence-electron chi connectivity index (χ1n) is 8.95. The monoisotopic (exact) mass is 375 g/mol. The van der Waals surface area contributed by atoms with Crippen molar-refractivity contribution in [3.63, 3.8) is 0 Å². The first-order valence-corrected chi connectivity index (χ1v) is 8.95. The molecule has 27 heavy (non-hydrogen) atoms. The van der Waals surface area contributed by atoms with Gasteiger partial charge in [-0.05, 0) is 38.2 Å². The molecule has 1 aliphatic rings. The summed E-state index contributed by atoms with van der Waals surface area (Å²) < 4.78 is 18.6. The van der Waals surface area contributed by atoms with Gasteiger partial charge in [-0.3, -0.25) is 4.90 Å². The summed E-state index contributed by atoms with van der Waals surface area (Å²) in [7, 11) is 1.90. The first kappa shape index (κ1) is 20.6. The van der Waals surface area contributed by atoms with Gasteiger partial charge in [0.25, 0.3) is 0 Å². The number of rotatable bonds is 8. The van der Waals surface area contributed by atoms with E-state index >= 15 is 0 Å². The van der Waals surface area contributed by atoms with E-state index in [9.17, 15) is 14.0 Å². The minimum absolute atomic E-state index is 0.213. The molecule has 6 nitrogen and oxygen atoms in total. The summed E-state index contributed by atoms with van der Waals surface area (Å²) in [5.74, 6) is -0.887. The van der Waals surface area contributed by atoms with Crippen LogP contribution in [0.5, 0.6) is 0 Å². The summed E-state index contributed by atoms with van der Waals surface area (Å²) in [5.41, 5.74) is 1.53. The van der Waals surface area contributed by atoms with Gasteiger partial charge in [0.05, 0.1) is 18.2 Å². The van der Waals surface area contributed by atoms with Gasteiger partial charge in [0, 0.05) is 18.8 Å². The minimum atomic E-state index is -0.710. The molecule has 1 heterocycles.